The molecule has 0 unspecified atom stereocenters. The van der Waals surface area contributed by atoms with Crippen molar-refractivity contribution in [1.82, 2.24) is 25.1 Å². The lowest BCUT2D eigenvalue weighted by atomic mass is 10.4. The minimum Gasteiger partial charge on any atom is -0.342 e. The molecule has 20 heavy (non-hydrogen) atoms. The van der Waals surface area contributed by atoms with Gasteiger partial charge < -0.3 is 4.90 Å². The van der Waals surface area contributed by atoms with E-state index in [0.717, 1.165) is 24.6 Å². The van der Waals surface area contributed by atoms with E-state index in [1.165, 1.54) is 0 Å². The second-order valence-electron chi connectivity index (χ2n) is 4.53. The molecule has 0 bridgehead atoms. The Morgan fingerprint density at radius 1 is 1.40 bits per heavy atom. The Morgan fingerprint density at radius 2 is 2.05 bits per heavy atom. The van der Waals surface area contributed by atoms with Crippen molar-refractivity contribution in [3.05, 3.63) is 0 Å². The normalized spacial score (nSPS) is 17.5. The molecule has 0 radical (unpaired) electrons. The van der Waals surface area contributed by atoms with Gasteiger partial charge in [0.1, 0.15) is 6.54 Å². The molecule has 1 atom stereocenters. The van der Waals surface area contributed by atoms with Gasteiger partial charge in [0, 0.05) is 13.1 Å². The highest BCUT2D eigenvalue weighted by molar-refractivity contribution is 8.00. The molecule has 1 aromatic rings. The number of hydrogen-bond acceptors (Lipinski definition) is 5. The number of alkyl halides is 3. The van der Waals surface area contributed by atoms with E-state index < -0.39 is 18.0 Å². The molecule has 6 nitrogen and oxygen atoms in total. The van der Waals surface area contributed by atoms with Gasteiger partial charge in [0.2, 0.25) is 11.1 Å². The van der Waals surface area contributed by atoms with Crippen LogP contribution in [-0.2, 0) is 11.3 Å². The van der Waals surface area contributed by atoms with Crippen molar-refractivity contribution in [2.75, 3.05) is 13.1 Å². The van der Waals surface area contributed by atoms with E-state index >= 15 is 0 Å². The Hall–Kier alpha value is -1.32. The highest BCUT2D eigenvalue weighted by atomic mass is 32.2. The first-order chi connectivity index (χ1) is 9.37. The largest absolute Gasteiger partial charge is 0.408 e. The monoisotopic (exact) mass is 309 g/mol. The quantitative estimate of drug-likeness (QED) is 0.785. The van der Waals surface area contributed by atoms with Crippen molar-refractivity contribution in [3.63, 3.8) is 0 Å². The first-order valence-corrected chi connectivity index (χ1v) is 7.03. The van der Waals surface area contributed by atoms with Crippen LogP contribution in [0.1, 0.15) is 19.8 Å². The maximum absolute atomic E-state index is 12.3. The SMILES string of the molecule is C[C@H](Sc1nnnn1CC(F)(F)F)C(=O)N1CCCC1. The smallest absolute Gasteiger partial charge is 0.342 e. The van der Waals surface area contributed by atoms with Gasteiger partial charge in [-0.05, 0) is 30.2 Å². The summed E-state index contributed by atoms with van der Waals surface area (Å²) < 4.78 is 37.7. The molecule has 1 aliphatic rings. The van der Waals surface area contributed by atoms with Crippen LogP contribution in [0, 0.1) is 0 Å². The molecule has 1 aliphatic heterocycles. The van der Waals surface area contributed by atoms with Gasteiger partial charge in [0.05, 0.1) is 5.25 Å². The molecule has 2 heterocycles. The predicted octanol–water partition coefficient (Wildman–Crippen LogP) is 1.34. The van der Waals surface area contributed by atoms with Gasteiger partial charge in [-0.25, -0.2) is 4.68 Å². The molecule has 0 aliphatic carbocycles. The van der Waals surface area contributed by atoms with E-state index in [9.17, 15) is 18.0 Å². The highest BCUT2D eigenvalue weighted by Crippen LogP contribution is 2.25. The first-order valence-electron chi connectivity index (χ1n) is 6.15. The fourth-order valence-electron chi connectivity index (χ4n) is 1.95. The molecule has 0 aromatic carbocycles. The fraction of sp³-hybridized carbons (Fsp3) is 0.800. The van der Waals surface area contributed by atoms with E-state index in [0.29, 0.717) is 17.8 Å². The van der Waals surface area contributed by atoms with Crippen molar-refractivity contribution in [2.45, 2.75) is 42.9 Å². The Balaban J connectivity index is 1.99. The van der Waals surface area contributed by atoms with Crippen molar-refractivity contribution >= 4 is 17.7 Å². The van der Waals surface area contributed by atoms with Crippen molar-refractivity contribution in [3.8, 4) is 0 Å². The summed E-state index contributed by atoms with van der Waals surface area (Å²) in [4.78, 5) is 13.8. The summed E-state index contributed by atoms with van der Waals surface area (Å²) in [6, 6.07) is 0. The Bertz CT molecular complexity index is 472. The summed E-state index contributed by atoms with van der Waals surface area (Å²) >= 11 is 0.948. The number of halogens is 3. The maximum atomic E-state index is 12.3. The van der Waals surface area contributed by atoms with Gasteiger partial charge in [-0.1, -0.05) is 11.8 Å². The standard InChI is InChI=1S/C10H14F3N5OS/c1-7(8(19)17-4-2-3-5-17)20-9-14-15-16-18(9)6-10(11,12)13/h7H,2-6H2,1H3/t7-/m0/s1. The minimum atomic E-state index is -4.40. The van der Waals surface area contributed by atoms with Crippen LogP contribution in [0.25, 0.3) is 0 Å². The molecule has 0 spiro atoms. The lowest BCUT2D eigenvalue weighted by Crippen LogP contribution is -2.34. The zero-order valence-corrected chi connectivity index (χ0v) is 11.6. The summed E-state index contributed by atoms with van der Waals surface area (Å²) in [5, 5.41) is 9.57. The Labute approximate surface area is 117 Å². The van der Waals surface area contributed by atoms with Gasteiger partial charge in [-0.2, -0.15) is 13.2 Å². The van der Waals surface area contributed by atoms with Gasteiger partial charge in [0.15, 0.2) is 0 Å². The van der Waals surface area contributed by atoms with Crippen molar-refractivity contribution < 1.29 is 18.0 Å². The van der Waals surface area contributed by atoms with Crippen LogP contribution in [0.5, 0.6) is 0 Å². The summed E-state index contributed by atoms with van der Waals surface area (Å²) in [6.45, 7) is 1.80. The van der Waals surface area contributed by atoms with Crippen LogP contribution in [0.15, 0.2) is 5.16 Å². The molecule has 0 saturated carbocycles. The molecule has 1 amide bonds. The molecule has 1 fully saturated rings. The number of hydrogen-bond donors (Lipinski definition) is 0. The predicted molar refractivity (Wildman–Crippen MR) is 65.0 cm³/mol. The number of carbonyl (C=O) groups is 1. The summed E-state index contributed by atoms with van der Waals surface area (Å²) in [6.07, 6.45) is -2.46. The lowest BCUT2D eigenvalue weighted by molar-refractivity contribution is -0.144. The number of thioether (sulfide) groups is 1. The Morgan fingerprint density at radius 3 is 2.65 bits per heavy atom. The summed E-state index contributed by atoms with van der Waals surface area (Å²) in [7, 11) is 0. The molecular formula is C10H14F3N5OS. The molecular weight excluding hydrogens is 295 g/mol. The second-order valence-corrected chi connectivity index (χ2v) is 5.83. The average Bonchev–Trinajstić information content (AvgIpc) is 2.98. The molecule has 112 valence electrons. The third kappa shape index (κ3) is 3.84. The van der Waals surface area contributed by atoms with E-state index in [1.54, 1.807) is 11.8 Å². The second kappa shape index (κ2) is 5.98. The van der Waals surface area contributed by atoms with Crippen LogP contribution < -0.4 is 0 Å². The highest BCUT2D eigenvalue weighted by Gasteiger charge is 2.31. The van der Waals surface area contributed by atoms with Crippen LogP contribution in [-0.4, -0.2) is 55.5 Å². The first kappa shape index (κ1) is 15.1. The summed E-state index contributed by atoms with van der Waals surface area (Å²) in [5.74, 6) is -0.0888. The van der Waals surface area contributed by atoms with Crippen molar-refractivity contribution in [1.29, 1.82) is 0 Å². The van der Waals surface area contributed by atoms with Gasteiger partial charge in [0.25, 0.3) is 0 Å². The zero-order chi connectivity index (χ0) is 14.8. The van der Waals surface area contributed by atoms with Crippen LogP contribution >= 0.6 is 11.8 Å². The zero-order valence-electron chi connectivity index (χ0n) is 10.8. The molecule has 2 rings (SSSR count). The van der Waals surface area contributed by atoms with Crippen LogP contribution in [0.4, 0.5) is 13.2 Å². The number of rotatable bonds is 4. The third-order valence-electron chi connectivity index (χ3n) is 2.88. The number of amides is 1. The number of nitrogens with zero attached hydrogens (tertiary/aromatic N) is 5. The molecule has 10 heteroatoms. The van der Waals surface area contributed by atoms with Gasteiger partial charge in [-0.15, -0.1) is 5.10 Å². The van der Waals surface area contributed by atoms with Gasteiger partial charge in [-0.3, -0.25) is 4.79 Å². The Kier molecular flexibility index (Phi) is 4.51. The number of aromatic nitrogens is 4. The molecule has 0 N–H and O–H groups in total. The number of likely N-dealkylation sites (tertiary alicyclic amines) is 1. The van der Waals surface area contributed by atoms with E-state index in [1.807, 2.05) is 0 Å². The average molecular weight is 309 g/mol. The molecule has 1 aromatic heterocycles. The van der Waals surface area contributed by atoms with E-state index in [4.69, 9.17) is 0 Å². The number of carbonyl (C=O) groups excluding carboxylic acids is 1. The summed E-state index contributed by atoms with van der Waals surface area (Å²) in [5.41, 5.74) is 0. The van der Waals surface area contributed by atoms with Crippen molar-refractivity contribution in [2.24, 2.45) is 0 Å². The topological polar surface area (TPSA) is 63.9 Å². The van der Waals surface area contributed by atoms with Crippen LogP contribution in [0.2, 0.25) is 0 Å². The van der Waals surface area contributed by atoms with Crippen LogP contribution in [0.3, 0.4) is 0 Å². The number of tetrazole rings is 1. The van der Waals surface area contributed by atoms with Gasteiger partial charge >= 0.3 is 6.18 Å². The minimum absolute atomic E-state index is 0.00220. The van der Waals surface area contributed by atoms with E-state index in [2.05, 4.69) is 15.5 Å². The maximum Gasteiger partial charge on any atom is 0.408 e. The fourth-order valence-corrected chi connectivity index (χ4v) is 2.83. The lowest BCUT2D eigenvalue weighted by Gasteiger charge is -2.19. The molecule has 1 saturated heterocycles. The van der Waals surface area contributed by atoms with E-state index in [-0.39, 0.29) is 11.1 Å². The third-order valence-corrected chi connectivity index (χ3v) is 3.93.